The van der Waals surface area contributed by atoms with Crippen molar-refractivity contribution in [2.24, 2.45) is 0 Å². The molecule has 0 aliphatic rings. The Morgan fingerprint density at radius 1 is 1.06 bits per heavy atom. The van der Waals surface area contributed by atoms with Crippen molar-refractivity contribution in [3.63, 3.8) is 0 Å². The molecule has 0 atom stereocenters. The van der Waals surface area contributed by atoms with E-state index >= 15 is 0 Å². The van der Waals surface area contributed by atoms with Gasteiger partial charge in [-0.05, 0) is 18.6 Å². The van der Waals surface area contributed by atoms with E-state index in [1.165, 1.54) is 0 Å². The van der Waals surface area contributed by atoms with Crippen LogP contribution in [0, 0.1) is 0 Å². The van der Waals surface area contributed by atoms with Gasteiger partial charge in [0.15, 0.2) is 0 Å². The van der Waals surface area contributed by atoms with Gasteiger partial charge in [-0.15, -0.1) is 0 Å². The average molecular weight is 244 g/mol. The van der Waals surface area contributed by atoms with Crippen molar-refractivity contribution in [3.8, 4) is 11.8 Å². The molecular weight excluding hydrogens is 228 g/mol. The standard InChI is InChI=1S/C14H16N2O2/c1-2-17-14-12(15)8-9-13(16-14)18-10-11-6-4-3-5-7-11/h3-9H,2,10,15H2,1H3. The van der Waals surface area contributed by atoms with Crippen LogP contribution in [0.15, 0.2) is 42.5 Å². The van der Waals surface area contributed by atoms with Gasteiger partial charge in [0, 0.05) is 6.07 Å². The number of aromatic nitrogens is 1. The van der Waals surface area contributed by atoms with Gasteiger partial charge in [-0.25, -0.2) is 0 Å². The molecule has 2 N–H and O–H groups in total. The Morgan fingerprint density at radius 3 is 2.56 bits per heavy atom. The summed E-state index contributed by atoms with van der Waals surface area (Å²) in [4.78, 5) is 4.21. The monoisotopic (exact) mass is 244 g/mol. The summed E-state index contributed by atoms with van der Waals surface area (Å²) >= 11 is 0. The summed E-state index contributed by atoms with van der Waals surface area (Å²) in [5, 5.41) is 0. The summed E-state index contributed by atoms with van der Waals surface area (Å²) in [6.45, 7) is 2.89. The largest absolute Gasteiger partial charge is 0.476 e. The molecule has 1 aromatic carbocycles. The molecule has 0 fully saturated rings. The minimum Gasteiger partial charge on any atom is -0.476 e. The van der Waals surface area contributed by atoms with E-state index in [9.17, 15) is 0 Å². The zero-order valence-electron chi connectivity index (χ0n) is 10.3. The SMILES string of the molecule is CCOc1nc(OCc2ccccc2)ccc1N. The van der Waals surface area contributed by atoms with Gasteiger partial charge in [0.25, 0.3) is 0 Å². The molecule has 1 heterocycles. The number of hydrogen-bond acceptors (Lipinski definition) is 4. The fourth-order valence-electron chi connectivity index (χ4n) is 1.50. The van der Waals surface area contributed by atoms with E-state index in [0.717, 1.165) is 5.56 Å². The van der Waals surface area contributed by atoms with E-state index < -0.39 is 0 Å². The van der Waals surface area contributed by atoms with E-state index in [2.05, 4.69) is 4.98 Å². The summed E-state index contributed by atoms with van der Waals surface area (Å²) in [5.74, 6) is 0.930. The van der Waals surface area contributed by atoms with Crippen LogP contribution in [0.5, 0.6) is 11.8 Å². The van der Waals surface area contributed by atoms with Crippen molar-refractivity contribution in [1.82, 2.24) is 4.98 Å². The van der Waals surface area contributed by atoms with E-state index in [1.54, 1.807) is 12.1 Å². The molecule has 0 saturated carbocycles. The molecule has 0 radical (unpaired) electrons. The summed E-state index contributed by atoms with van der Waals surface area (Å²) < 4.78 is 10.9. The fourth-order valence-corrected chi connectivity index (χ4v) is 1.50. The van der Waals surface area contributed by atoms with Gasteiger partial charge in [0.05, 0.1) is 12.3 Å². The first-order chi connectivity index (χ1) is 8.79. The predicted molar refractivity (Wildman–Crippen MR) is 70.6 cm³/mol. The normalized spacial score (nSPS) is 10.1. The quantitative estimate of drug-likeness (QED) is 0.878. The van der Waals surface area contributed by atoms with Crippen LogP contribution in [0.2, 0.25) is 0 Å². The lowest BCUT2D eigenvalue weighted by Crippen LogP contribution is -2.02. The molecule has 2 aromatic rings. The Hall–Kier alpha value is -2.23. The average Bonchev–Trinajstić information content (AvgIpc) is 2.41. The minimum absolute atomic E-state index is 0.420. The highest BCUT2D eigenvalue weighted by molar-refractivity contribution is 5.49. The van der Waals surface area contributed by atoms with Crippen molar-refractivity contribution in [2.75, 3.05) is 12.3 Å². The Kier molecular flexibility index (Phi) is 4.02. The molecule has 0 aliphatic carbocycles. The molecule has 4 heteroatoms. The lowest BCUT2D eigenvalue weighted by atomic mass is 10.2. The first-order valence-electron chi connectivity index (χ1n) is 5.85. The van der Waals surface area contributed by atoms with Gasteiger partial charge < -0.3 is 15.2 Å². The fraction of sp³-hybridized carbons (Fsp3) is 0.214. The molecule has 2 rings (SSSR count). The second-order valence-corrected chi connectivity index (χ2v) is 3.75. The van der Waals surface area contributed by atoms with E-state index in [-0.39, 0.29) is 0 Å². The van der Waals surface area contributed by atoms with Crippen LogP contribution in [-0.4, -0.2) is 11.6 Å². The van der Waals surface area contributed by atoms with Gasteiger partial charge >= 0.3 is 0 Å². The third-order valence-corrected chi connectivity index (χ3v) is 2.37. The maximum Gasteiger partial charge on any atom is 0.240 e. The number of nitrogen functional groups attached to an aromatic ring is 1. The molecule has 0 spiro atoms. The second kappa shape index (κ2) is 5.91. The number of ether oxygens (including phenoxy) is 2. The van der Waals surface area contributed by atoms with Gasteiger partial charge in [-0.2, -0.15) is 4.98 Å². The van der Waals surface area contributed by atoms with Crippen LogP contribution in [0.4, 0.5) is 5.69 Å². The summed E-state index contributed by atoms with van der Waals surface area (Å²) in [5.41, 5.74) is 7.35. The minimum atomic E-state index is 0.420. The third kappa shape index (κ3) is 3.13. The number of nitrogens with two attached hydrogens (primary N) is 1. The van der Waals surface area contributed by atoms with E-state index in [0.29, 0.717) is 30.7 Å². The molecule has 0 aliphatic heterocycles. The van der Waals surface area contributed by atoms with Crippen molar-refractivity contribution in [2.45, 2.75) is 13.5 Å². The zero-order valence-corrected chi connectivity index (χ0v) is 10.3. The van der Waals surface area contributed by atoms with E-state index in [4.69, 9.17) is 15.2 Å². The maximum absolute atomic E-state index is 5.74. The summed E-state index contributed by atoms with van der Waals surface area (Å²) in [7, 11) is 0. The third-order valence-electron chi connectivity index (χ3n) is 2.37. The van der Waals surface area contributed by atoms with Crippen LogP contribution in [0.3, 0.4) is 0 Å². The Balaban J connectivity index is 2.03. The zero-order chi connectivity index (χ0) is 12.8. The summed E-state index contributed by atoms with van der Waals surface area (Å²) in [6, 6.07) is 13.4. The Morgan fingerprint density at radius 2 is 1.83 bits per heavy atom. The van der Waals surface area contributed by atoms with Crippen LogP contribution in [0.1, 0.15) is 12.5 Å². The predicted octanol–water partition coefficient (Wildman–Crippen LogP) is 2.64. The first-order valence-corrected chi connectivity index (χ1v) is 5.85. The number of anilines is 1. The maximum atomic E-state index is 5.74. The molecule has 0 unspecified atom stereocenters. The van der Waals surface area contributed by atoms with Crippen LogP contribution < -0.4 is 15.2 Å². The van der Waals surface area contributed by atoms with Gasteiger partial charge in [-0.1, -0.05) is 30.3 Å². The van der Waals surface area contributed by atoms with Gasteiger partial charge in [0.1, 0.15) is 6.61 Å². The smallest absolute Gasteiger partial charge is 0.240 e. The first kappa shape index (κ1) is 12.2. The molecule has 1 aromatic heterocycles. The Bertz CT molecular complexity index is 500. The number of benzene rings is 1. The molecule has 4 nitrogen and oxygen atoms in total. The number of nitrogens with zero attached hydrogens (tertiary/aromatic N) is 1. The van der Waals surface area contributed by atoms with Crippen molar-refractivity contribution < 1.29 is 9.47 Å². The highest BCUT2D eigenvalue weighted by atomic mass is 16.5. The molecule has 18 heavy (non-hydrogen) atoms. The van der Waals surface area contributed by atoms with Gasteiger partial charge in [-0.3, -0.25) is 0 Å². The van der Waals surface area contributed by atoms with Crippen LogP contribution in [0.25, 0.3) is 0 Å². The molecule has 0 bridgehead atoms. The lowest BCUT2D eigenvalue weighted by molar-refractivity contribution is 0.280. The molecular formula is C14H16N2O2. The van der Waals surface area contributed by atoms with E-state index in [1.807, 2.05) is 37.3 Å². The molecule has 94 valence electrons. The van der Waals surface area contributed by atoms with Crippen LogP contribution in [-0.2, 0) is 6.61 Å². The van der Waals surface area contributed by atoms with Crippen molar-refractivity contribution >= 4 is 5.69 Å². The topological polar surface area (TPSA) is 57.4 Å². The molecule has 0 saturated heterocycles. The second-order valence-electron chi connectivity index (χ2n) is 3.75. The number of hydrogen-bond donors (Lipinski definition) is 1. The van der Waals surface area contributed by atoms with Gasteiger partial charge in [0.2, 0.25) is 11.8 Å². The lowest BCUT2D eigenvalue weighted by Gasteiger charge is -2.09. The highest BCUT2D eigenvalue weighted by Gasteiger charge is 2.04. The Labute approximate surface area is 106 Å². The highest BCUT2D eigenvalue weighted by Crippen LogP contribution is 2.22. The van der Waals surface area contributed by atoms with Crippen molar-refractivity contribution in [1.29, 1.82) is 0 Å². The molecule has 0 amide bonds. The summed E-state index contributed by atoms with van der Waals surface area (Å²) in [6.07, 6.45) is 0. The van der Waals surface area contributed by atoms with Crippen LogP contribution >= 0.6 is 0 Å². The number of pyridine rings is 1. The number of rotatable bonds is 5. The van der Waals surface area contributed by atoms with Crippen molar-refractivity contribution in [3.05, 3.63) is 48.0 Å².